The normalized spacial score (nSPS) is 19.7. The Kier molecular flexibility index (Phi) is 3.46. The second-order valence-corrected chi connectivity index (χ2v) is 3.97. The number of aromatic nitrogens is 1. The van der Waals surface area contributed by atoms with Gasteiger partial charge in [-0.1, -0.05) is 0 Å². The minimum Gasteiger partial charge on any atom is -0.323 e. The van der Waals surface area contributed by atoms with Crippen LogP contribution >= 0.6 is 0 Å². The highest BCUT2D eigenvalue weighted by atomic mass is 19.1. The fourth-order valence-electron chi connectivity index (χ4n) is 1.83. The van der Waals surface area contributed by atoms with Crippen molar-refractivity contribution in [2.75, 3.05) is 18.4 Å². The number of rotatable bonds is 3. The number of amides is 1. The van der Waals surface area contributed by atoms with Crippen molar-refractivity contribution in [3.8, 4) is 0 Å². The van der Waals surface area contributed by atoms with Gasteiger partial charge in [-0.05, 0) is 31.5 Å². The SMILES string of the molecule is O=C(CC1CCNC1)Nc1ccncc1F. The van der Waals surface area contributed by atoms with Crippen molar-refractivity contribution in [1.82, 2.24) is 10.3 Å². The third kappa shape index (κ3) is 2.76. The molecule has 1 aliphatic heterocycles. The molecule has 0 saturated carbocycles. The van der Waals surface area contributed by atoms with Gasteiger partial charge in [0.2, 0.25) is 5.91 Å². The zero-order valence-corrected chi connectivity index (χ0v) is 8.87. The van der Waals surface area contributed by atoms with Crippen LogP contribution in [0.5, 0.6) is 0 Å². The van der Waals surface area contributed by atoms with E-state index < -0.39 is 5.82 Å². The first kappa shape index (κ1) is 11.0. The van der Waals surface area contributed by atoms with E-state index in [4.69, 9.17) is 0 Å². The molecule has 0 aromatic carbocycles. The average molecular weight is 223 g/mol. The van der Waals surface area contributed by atoms with Gasteiger partial charge in [0.25, 0.3) is 0 Å². The molecule has 0 spiro atoms. The van der Waals surface area contributed by atoms with E-state index in [1.54, 1.807) is 0 Å². The monoisotopic (exact) mass is 223 g/mol. The Hall–Kier alpha value is -1.49. The van der Waals surface area contributed by atoms with E-state index in [2.05, 4.69) is 15.6 Å². The summed E-state index contributed by atoms with van der Waals surface area (Å²) in [5.74, 6) is -0.274. The van der Waals surface area contributed by atoms with Crippen LogP contribution in [0.15, 0.2) is 18.5 Å². The molecule has 1 unspecified atom stereocenters. The Bertz CT molecular complexity index is 377. The Balaban J connectivity index is 1.89. The largest absolute Gasteiger partial charge is 0.323 e. The molecule has 2 heterocycles. The summed E-state index contributed by atoms with van der Waals surface area (Å²) in [6.07, 6.45) is 3.99. The van der Waals surface area contributed by atoms with Crippen LogP contribution in [0.4, 0.5) is 10.1 Å². The van der Waals surface area contributed by atoms with E-state index in [9.17, 15) is 9.18 Å². The summed E-state index contributed by atoms with van der Waals surface area (Å²) in [6.45, 7) is 1.83. The lowest BCUT2D eigenvalue weighted by Crippen LogP contribution is -2.18. The van der Waals surface area contributed by atoms with Crippen LogP contribution in [-0.4, -0.2) is 24.0 Å². The van der Waals surface area contributed by atoms with E-state index in [-0.39, 0.29) is 11.6 Å². The molecule has 1 aromatic heterocycles. The Morgan fingerprint density at radius 2 is 2.56 bits per heavy atom. The number of hydrogen-bond acceptors (Lipinski definition) is 3. The molecule has 1 saturated heterocycles. The summed E-state index contributed by atoms with van der Waals surface area (Å²) in [4.78, 5) is 15.2. The summed E-state index contributed by atoms with van der Waals surface area (Å²) in [6, 6.07) is 1.46. The highest BCUT2D eigenvalue weighted by Gasteiger charge is 2.18. The van der Waals surface area contributed by atoms with Gasteiger partial charge in [-0.3, -0.25) is 9.78 Å². The molecular weight excluding hydrogens is 209 g/mol. The maximum atomic E-state index is 13.2. The lowest BCUT2D eigenvalue weighted by atomic mass is 10.0. The van der Waals surface area contributed by atoms with Gasteiger partial charge < -0.3 is 10.6 Å². The van der Waals surface area contributed by atoms with E-state index in [1.807, 2.05) is 0 Å². The first-order chi connectivity index (χ1) is 7.75. The Morgan fingerprint density at radius 1 is 1.69 bits per heavy atom. The molecule has 1 aliphatic rings. The van der Waals surface area contributed by atoms with Crippen LogP contribution in [0.2, 0.25) is 0 Å². The van der Waals surface area contributed by atoms with Crippen molar-refractivity contribution in [2.24, 2.45) is 5.92 Å². The number of carbonyl (C=O) groups is 1. The smallest absolute Gasteiger partial charge is 0.224 e. The highest BCUT2D eigenvalue weighted by Crippen LogP contribution is 2.15. The average Bonchev–Trinajstić information content (AvgIpc) is 2.74. The molecule has 1 amide bonds. The van der Waals surface area contributed by atoms with E-state index in [1.165, 1.54) is 12.3 Å². The number of nitrogens with zero attached hydrogens (tertiary/aromatic N) is 1. The number of hydrogen-bond donors (Lipinski definition) is 2. The predicted octanol–water partition coefficient (Wildman–Crippen LogP) is 1.16. The van der Waals surface area contributed by atoms with E-state index >= 15 is 0 Å². The molecule has 1 fully saturated rings. The van der Waals surface area contributed by atoms with Crippen LogP contribution in [0, 0.1) is 11.7 Å². The van der Waals surface area contributed by atoms with Crippen molar-refractivity contribution in [3.63, 3.8) is 0 Å². The lowest BCUT2D eigenvalue weighted by Gasteiger charge is -2.09. The molecule has 0 aliphatic carbocycles. The summed E-state index contributed by atoms with van der Waals surface area (Å²) in [5, 5.41) is 5.74. The lowest BCUT2D eigenvalue weighted by molar-refractivity contribution is -0.117. The van der Waals surface area contributed by atoms with Gasteiger partial charge in [-0.2, -0.15) is 0 Å². The molecule has 2 N–H and O–H groups in total. The van der Waals surface area contributed by atoms with Crippen molar-refractivity contribution in [2.45, 2.75) is 12.8 Å². The highest BCUT2D eigenvalue weighted by molar-refractivity contribution is 5.90. The van der Waals surface area contributed by atoms with Gasteiger partial charge in [0, 0.05) is 12.6 Å². The van der Waals surface area contributed by atoms with Crippen LogP contribution in [0.25, 0.3) is 0 Å². The second kappa shape index (κ2) is 5.03. The van der Waals surface area contributed by atoms with Gasteiger partial charge in [0.1, 0.15) is 0 Å². The summed E-state index contributed by atoms with van der Waals surface area (Å²) < 4.78 is 13.2. The second-order valence-electron chi connectivity index (χ2n) is 3.97. The van der Waals surface area contributed by atoms with Crippen LogP contribution in [0.3, 0.4) is 0 Å². The fourth-order valence-corrected chi connectivity index (χ4v) is 1.83. The molecule has 16 heavy (non-hydrogen) atoms. The maximum Gasteiger partial charge on any atom is 0.224 e. The molecule has 1 aromatic rings. The van der Waals surface area contributed by atoms with Gasteiger partial charge in [0.05, 0.1) is 11.9 Å². The number of pyridine rings is 1. The summed E-state index contributed by atoms with van der Waals surface area (Å²) in [7, 11) is 0. The van der Waals surface area contributed by atoms with E-state index in [0.717, 1.165) is 25.7 Å². The quantitative estimate of drug-likeness (QED) is 0.808. The van der Waals surface area contributed by atoms with Crippen molar-refractivity contribution >= 4 is 11.6 Å². The Morgan fingerprint density at radius 3 is 3.25 bits per heavy atom. The number of anilines is 1. The maximum absolute atomic E-state index is 13.2. The molecule has 86 valence electrons. The number of halogens is 1. The molecular formula is C11H14FN3O. The molecule has 2 rings (SSSR count). The third-order valence-electron chi connectivity index (χ3n) is 2.68. The minimum absolute atomic E-state index is 0.140. The first-order valence-corrected chi connectivity index (χ1v) is 5.36. The minimum atomic E-state index is -0.500. The van der Waals surface area contributed by atoms with Crippen molar-refractivity contribution in [3.05, 3.63) is 24.3 Å². The number of carbonyl (C=O) groups excluding carboxylic acids is 1. The summed E-state index contributed by atoms with van der Waals surface area (Å²) in [5.41, 5.74) is 0.200. The number of nitrogens with one attached hydrogen (secondary N) is 2. The Labute approximate surface area is 93.3 Å². The zero-order valence-electron chi connectivity index (χ0n) is 8.87. The van der Waals surface area contributed by atoms with Gasteiger partial charge >= 0.3 is 0 Å². The van der Waals surface area contributed by atoms with E-state index in [0.29, 0.717) is 12.3 Å². The first-order valence-electron chi connectivity index (χ1n) is 5.36. The fraction of sp³-hybridized carbons (Fsp3) is 0.455. The topological polar surface area (TPSA) is 54.0 Å². The van der Waals surface area contributed by atoms with Crippen LogP contribution in [-0.2, 0) is 4.79 Å². The predicted molar refractivity (Wildman–Crippen MR) is 58.4 cm³/mol. The van der Waals surface area contributed by atoms with Crippen LogP contribution in [0.1, 0.15) is 12.8 Å². The van der Waals surface area contributed by atoms with Crippen molar-refractivity contribution < 1.29 is 9.18 Å². The molecule has 0 radical (unpaired) electrons. The third-order valence-corrected chi connectivity index (χ3v) is 2.68. The zero-order chi connectivity index (χ0) is 11.4. The van der Waals surface area contributed by atoms with Crippen LogP contribution < -0.4 is 10.6 Å². The van der Waals surface area contributed by atoms with Gasteiger partial charge in [-0.25, -0.2) is 4.39 Å². The van der Waals surface area contributed by atoms with Gasteiger partial charge in [0.15, 0.2) is 5.82 Å². The molecule has 5 heteroatoms. The van der Waals surface area contributed by atoms with Crippen molar-refractivity contribution in [1.29, 1.82) is 0 Å². The molecule has 4 nitrogen and oxygen atoms in total. The molecule has 1 atom stereocenters. The molecule has 0 bridgehead atoms. The van der Waals surface area contributed by atoms with Gasteiger partial charge in [-0.15, -0.1) is 0 Å². The summed E-state index contributed by atoms with van der Waals surface area (Å²) >= 11 is 0. The standard InChI is InChI=1S/C11H14FN3O/c12-9-7-14-4-2-10(9)15-11(16)5-8-1-3-13-6-8/h2,4,7-8,13H,1,3,5-6H2,(H,14,15,16).